The smallest absolute Gasteiger partial charge is 0.00167 e. The summed E-state index contributed by atoms with van der Waals surface area (Å²) in [5.41, 5.74) is 5.24. The molecule has 0 radical (unpaired) electrons. The molecule has 0 unspecified atom stereocenters. The van der Waals surface area contributed by atoms with E-state index in [1.54, 1.807) is 0 Å². The van der Waals surface area contributed by atoms with Gasteiger partial charge in [0.25, 0.3) is 0 Å². The normalized spacial score (nSPS) is 17.1. The highest BCUT2D eigenvalue weighted by atomic mass is 14.2. The molecule has 0 spiro atoms. The summed E-state index contributed by atoms with van der Waals surface area (Å²) in [5.74, 6) is 0. The van der Waals surface area contributed by atoms with E-state index in [-0.39, 0.29) is 0 Å². The number of allylic oxidation sites excluding steroid dienone is 4. The first kappa shape index (κ1) is 9.01. The van der Waals surface area contributed by atoms with Crippen LogP contribution in [0.5, 0.6) is 0 Å². The van der Waals surface area contributed by atoms with Crippen molar-refractivity contribution in [3.05, 3.63) is 66.3 Å². The van der Waals surface area contributed by atoms with Gasteiger partial charge in [-0.3, -0.25) is 0 Å². The largest absolute Gasteiger partial charge is 0.103 e. The van der Waals surface area contributed by atoms with Gasteiger partial charge in [0.2, 0.25) is 0 Å². The van der Waals surface area contributed by atoms with Crippen LogP contribution in [0, 0.1) is 0 Å². The average Bonchev–Trinajstić information content (AvgIpc) is 2.54. The number of benzene rings is 1. The summed E-state index contributed by atoms with van der Waals surface area (Å²) < 4.78 is 0. The number of rotatable bonds is 2. The minimum Gasteiger partial charge on any atom is -0.103 e. The molecule has 2 rings (SSSR count). The summed E-state index contributed by atoms with van der Waals surface area (Å²) in [5, 5.41) is 0. The molecular weight excluding hydrogens is 168 g/mol. The Morgan fingerprint density at radius 3 is 2.79 bits per heavy atom. The predicted molar refractivity (Wildman–Crippen MR) is 62.1 cm³/mol. The summed E-state index contributed by atoms with van der Waals surface area (Å²) in [7, 11) is 0. The molecule has 0 fully saturated rings. The Labute approximate surface area is 85.3 Å². The van der Waals surface area contributed by atoms with Crippen molar-refractivity contribution in [3.63, 3.8) is 0 Å². The van der Waals surface area contributed by atoms with Crippen molar-refractivity contribution in [1.29, 1.82) is 0 Å². The Balaban J connectivity index is 2.34. The first-order chi connectivity index (χ1) is 6.83. The fourth-order valence-corrected chi connectivity index (χ4v) is 1.87. The Kier molecular flexibility index (Phi) is 2.36. The van der Waals surface area contributed by atoms with E-state index in [0.717, 1.165) is 12.8 Å². The molecule has 14 heavy (non-hydrogen) atoms. The SMILES string of the molecule is C=CC/C=C1/Cc2ccccc2C1=C. The van der Waals surface area contributed by atoms with Crippen LogP contribution in [0.4, 0.5) is 0 Å². The van der Waals surface area contributed by atoms with Gasteiger partial charge in [0.05, 0.1) is 0 Å². The fourth-order valence-electron chi connectivity index (χ4n) is 1.87. The molecule has 0 nitrogen and oxygen atoms in total. The van der Waals surface area contributed by atoms with Gasteiger partial charge in [0.1, 0.15) is 0 Å². The molecule has 0 saturated carbocycles. The molecule has 0 aromatic heterocycles. The molecule has 0 amide bonds. The monoisotopic (exact) mass is 182 g/mol. The van der Waals surface area contributed by atoms with Gasteiger partial charge in [-0.15, -0.1) is 6.58 Å². The number of fused-ring (bicyclic) bond motifs is 1. The summed E-state index contributed by atoms with van der Waals surface area (Å²) in [6.07, 6.45) is 6.10. The molecule has 70 valence electrons. The molecule has 1 aliphatic carbocycles. The predicted octanol–water partition coefficient (Wildman–Crippen LogP) is 3.76. The third-order valence-electron chi connectivity index (χ3n) is 2.64. The second-order valence-electron chi connectivity index (χ2n) is 3.57. The highest BCUT2D eigenvalue weighted by molar-refractivity contribution is 5.84. The van der Waals surface area contributed by atoms with Crippen LogP contribution in [0.2, 0.25) is 0 Å². The highest BCUT2D eigenvalue weighted by Crippen LogP contribution is 2.35. The molecule has 1 aliphatic rings. The van der Waals surface area contributed by atoms with Crippen LogP contribution in [0.25, 0.3) is 5.57 Å². The molecular formula is C14H14. The molecule has 0 bridgehead atoms. The lowest BCUT2D eigenvalue weighted by Gasteiger charge is -1.97. The maximum absolute atomic E-state index is 4.13. The summed E-state index contributed by atoms with van der Waals surface area (Å²) >= 11 is 0. The molecule has 0 aliphatic heterocycles. The zero-order valence-electron chi connectivity index (χ0n) is 8.29. The van der Waals surface area contributed by atoms with E-state index in [1.807, 2.05) is 6.08 Å². The molecule has 1 aromatic carbocycles. The van der Waals surface area contributed by atoms with Gasteiger partial charge < -0.3 is 0 Å². The molecule has 0 saturated heterocycles. The van der Waals surface area contributed by atoms with E-state index < -0.39 is 0 Å². The van der Waals surface area contributed by atoms with Crippen molar-refractivity contribution in [2.45, 2.75) is 12.8 Å². The van der Waals surface area contributed by atoms with Crippen LogP contribution in [0.3, 0.4) is 0 Å². The molecule has 0 heteroatoms. The van der Waals surface area contributed by atoms with E-state index in [9.17, 15) is 0 Å². The Hall–Kier alpha value is -1.56. The number of hydrogen-bond donors (Lipinski definition) is 0. The van der Waals surface area contributed by atoms with Crippen molar-refractivity contribution in [2.75, 3.05) is 0 Å². The molecule has 1 aromatic rings. The highest BCUT2D eigenvalue weighted by Gasteiger charge is 2.17. The summed E-state index contributed by atoms with van der Waals surface area (Å²) in [6, 6.07) is 8.48. The maximum Gasteiger partial charge on any atom is -0.00167 e. The van der Waals surface area contributed by atoms with Crippen molar-refractivity contribution in [3.8, 4) is 0 Å². The maximum atomic E-state index is 4.13. The van der Waals surface area contributed by atoms with Crippen molar-refractivity contribution in [2.24, 2.45) is 0 Å². The Morgan fingerprint density at radius 2 is 2.07 bits per heavy atom. The average molecular weight is 182 g/mol. The first-order valence-corrected chi connectivity index (χ1v) is 4.90. The van der Waals surface area contributed by atoms with Gasteiger partial charge in [-0.1, -0.05) is 43.0 Å². The first-order valence-electron chi connectivity index (χ1n) is 4.90. The zero-order valence-corrected chi connectivity index (χ0v) is 8.29. The minimum atomic E-state index is 0.933. The Morgan fingerprint density at radius 1 is 1.29 bits per heavy atom. The third-order valence-corrected chi connectivity index (χ3v) is 2.64. The van der Waals surface area contributed by atoms with Crippen molar-refractivity contribution < 1.29 is 0 Å². The van der Waals surface area contributed by atoms with Gasteiger partial charge >= 0.3 is 0 Å². The van der Waals surface area contributed by atoms with Gasteiger partial charge in [-0.05, 0) is 35.1 Å². The fraction of sp³-hybridized carbons (Fsp3) is 0.143. The molecule has 0 atom stereocenters. The van der Waals surface area contributed by atoms with Crippen LogP contribution in [0.1, 0.15) is 17.5 Å². The van der Waals surface area contributed by atoms with Gasteiger partial charge in [-0.25, -0.2) is 0 Å². The van der Waals surface area contributed by atoms with Crippen LogP contribution >= 0.6 is 0 Å². The van der Waals surface area contributed by atoms with Crippen LogP contribution in [-0.4, -0.2) is 0 Å². The van der Waals surface area contributed by atoms with Gasteiger partial charge in [-0.2, -0.15) is 0 Å². The second kappa shape index (κ2) is 3.67. The van der Waals surface area contributed by atoms with Crippen LogP contribution in [0.15, 0.2) is 55.1 Å². The van der Waals surface area contributed by atoms with Crippen LogP contribution < -0.4 is 0 Å². The second-order valence-corrected chi connectivity index (χ2v) is 3.57. The standard InChI is InChI=1S/C14H14/c1-3-4-7-12-10-13-8-5-6-9-14(13)11(12)2/h3,5-9H,1-2,4,10H2/b12-7-. The van der Waals surface area contributed by atoms with Crippen molar-refractivity contribution in [1.82, 2.24) is 0 Å². The number of hydrogen-bond acceptors (Lipinski definition) is 0. The van der Waals surface area contributed by atoms with E-state index in [0.29, 0.717) is 0 Å². The van der Waals surface area contributed by atoms with E-state index in [2.05, 4.69) is 43.5 Å². The van der Waals surface area contributed by atoms with Gasteiger partial charge in [0.15, 0.2) is 0 Å². The minimum absolute atomic E-state index is 0.933. The summed E-state index contributed by atoms with van der Waals surface area (Å²) in [4.78, 5) is 0. The van der Waals surface area contributed by atoms with Crippen molar-refractivity contribution >= 4 is 5.57 Å². The van der Waals surface area contributed by atoms with Gasteiger partial charge in [0, 0.05) is 0 Å². The lowest BCUT2D eigenvalue weighted by atomic mass is 10.1. The van der Waals surface area contributed by atoms with E-state index in [1.165, 1.54) is 22.3 Å². The van der Waals surface area contributed by atoms with E-state index in [4.69, 9.17) is 0 Å². The topological polar surface area (TPSA) is 0 Å². The Bertz CT molecular complexity index is 408. The lowest BCUT2D eigenvalue weighted by molar-refractivity contribution is 1.23. The summed E-state index contributed by atoms with van der Waals surface area (Å²) in [6.45, 7) is 7.85. The quantitative estimate of drug-likeness (QED) is 0.611. The zero-order chi connectivity index (χ0) is 9.97. The third kappa shape index (κ3) is 1.44. The molecule has 0 heterocycles. The van der Waals surface area contributed by atoms with E-state index >= 15 is 0 Å². The van der Waals surface area contributed by atoms with Crippen LogP contribution in [-0.2, 0) is 6.42 Å². The lowest BCUT2D eigenvalue weighted by Crippen LogP contribution is -1.78. The molecule has 0 N–H and O–H groups in total.